The van der Waals surface area contributed by atoms with Crippen molar-refractivity contribution >= 4 is 33.1 Å². The van der Waals surface area contributed by atoms with Gasteiger partial charge in [-0.2, -0.15) is 0 Å². The lowest BCUT2D eigenvalue weighted by atomic mass is 10.1. The highest BCUT2D eigenvalue weighted by Crippen LogP contribution is 2.26. The predicted octanol–water partition coefficient (Wildman–Crippen LogP) is 2.98. The van der Waals surface area contributed by atoms with Gasteiger partial charge < -0.3 is 10.6 Å². The van der Waals surface area contributed by atoms with Crippen molar-refractivity contribution in [1.29, 1.82) is 0 Å². The minimum atomic E-state index is -0.0637. The summed E-state index contributed by atoms with van der Waals surface area (Å²) >= 11 is 1.57. The largest absolute Gasteiger partial charge is 0.355 e. The van der Waals surface area contributed by atoms with Gasteiger partial charge in [-0.15, -0.1) is 11.3 Å². The maximum absolute atomic E-state index is 12.3. The van der Waals surface area contributed by atoms with Crippen LogP contribution in [-0.4, -0.2) is 31.3 Å². The van der Waals surface area contributed by atoms with Crippen LogP contribution in [0.1, 0.15) is 36.5 Å². The number of fused-ring (bicyclic) bond motifs is 1. The summed E-state index contributed by atoms with van der Waals surface area (Å²) < 4.78 is 1.11. The van der Waals surface area contributed by atoms with E-state index in [2.05, 4.69) is 17.6 Å². The third-order valence-corrected chi connectivity index (χ3v) is 4.37. The summed E-state index contributed by atoms with van der Waals surface area (Å²) in [4.78, 5) is 24.0. The quantitative estimate of drug-likeness (QED) is 0.552. The van der Waals surface area contributed by atoms with Gasteiger partial charge in [-0.3, -0.25) is 9.59 Å². The predicted molar refractivity (Wildman–Crippen MR) is 91.6 cm³/mol. The van der Waals surface area contributed by atoms with Gasteiger partial charge in [0.15, 0.2) is 5.78 Å². The lowest BCUT2D eigenvalue weighted by Crippen LogP contribution is -2.32. The van der Waals surface area contributed by atoms with Crippen molar-refractivity contribution in [3.63, 3.8) is 0 Å². The van der Waals surface area contributed by atoms with Crippen LogP contribution in [0.25, 0.3) is 10.1 Å². The molecule has 0 spiro atoms. The standard InChI is InChI=1S/C17H22N2O2S/c1-2-9-18-10-11-19-17(21)8-7-15(20)14-12-22-16-6-4-3-5-13(14)16/h3-6,12,18H,2,7-11H2,1H3,(H,19,21). The molecule has 2 aromatic rings. The van der Waals surface area contributed by atoms with Crippen molar-refractivity contribution in [1.82, 2.24) is 10.6 Å². The van der Waals surface area contributed by atoms with Gasteiger partial charge in [0.25, 0.3) is 0 Å². The summed E-state index contributed by atoms with van der Waals surface area (Å²) in [6.45, 7) is 4.43. The number of thiophene rings is 1. The Labute approximate surface area is 134 Å². The fourth-order valence-corrected chi connectivity index (χ4v) is 3.20. The lowest BCUT2D eigenvalue weighted by Gasteiger charge is -2.05. The molecule has 0 atom stereocenters. The molecule has 0 saturated heterocycles. The van der Waals surface area contributed by atoms with Crippen molar-refractivity contribution in [3.05, 3.63) is 35.2 Å². The zero-order valence-corrected chi connectivity index (χ0v) is 13.7. The van der Waals surface area contributed by atoms with E-state index in [0.29, 0.717) is 6.54 Å². The van der Waals surface area contributed by atoms with Crippen molar-refractivity contribution in [2.24, 2.45) is 0 Å². The average Bonchev–Trinajstić information content (AvgIpc) is 2.96. The number of nitrogens with one attached hydrogen (secondary N) is 2. The van der Waals surface area contributed by atoms with Crippen LogP contribution in [0.15, 0.2) is 29.6 Å². The van der Waals surface area contributed by atoms with Gasteiger partial charge >= 0.3 is 0 Å². The fraction of sp³-hybridized carbons (Fsp3) is 0.412. The summed E-state index contributed by atoms with van der Waals surface area (Å²) in [5, 5.41) is 8.92. The third kappa shape index (κ3) is 4.64. The molecule has 0 aliphatic carbocycles. The van der Waals surface area contributed by atoms with Crippen LogP contribution in [0.5, 0.6) is 0 Å². The molecular formula is C17H22N2O2S. The van der Waals surface area contributed by atoms with Gasteiger partial charge in [-0.05, 0) is 19.0 Å². The van der Waals surface area contributed by atoms with Crippen molar-refractivity contribution in [2.75, 3.05) is 19.6 Å². The van der Waals surface area contributed by atoms with E-state index in [-0.39, 0.29) is 24.5 Å². The molecule has 0 unspecified atom stereocenters. The van der Waals surface area contributed by atoms with E-state index in [9.17, 15) is 9.59 Å². The molecule has 0 bridgehead atoms. The minimum absolute atomic E-state index is 0.0386. The van der Waals surface area contributed by atoms with E-state index in [4.69, 9.17) is 0 Å². The van der Waals surface area contributed by atoms with E-state index in [1.807, 2.05) is 29.6 Å². The molecule has 0 aliphatic rings. The van der Waals surface area contributed by atoms with Gasteiger partial charge in [0.1, 0.15) is 0 Å². The van der Waals surface area contributed by atoms with Crippen LogP contribution >= 0.6 is 11.3 Å². The van der Waals surface area contributed by atoms with Crippen LogP contribution in [0, 0.1) is 0 Å². The molecule has 1 heterocycles. The highest BCUT2D eigenvalue weighted by molar-refractivity contribution is 7.17. The summed E-state index contributed by atoms with van der Waals surface area (Å²) in [6, 6.07) is 7.86. The maximum atomic E-state index is 12.3. The molecule has 0 saturated carbocycles. The molecular weight excluding hydrogens is 296 g/mol. The van der Waals surface area contributed by atoms with Gasteiger partial charge in [-0.1, -0.05) is 25.1 Å². The molecule has 1 aromatic heterocycles. The Morgan fingerprint density at radius 3 is 2.73 bits per heavy atom. The first-order valence-electron chi connectivity index (χ1n) is 7.69. The van der Waals surface area contributed by atoms with Gasteiger partial charge in [0.2, 0.25) is 5.91 Å². The smallest absolute Gasteiger partial charge is 0.220 e. The number of Topliss-reactive ketones (excluding diaryl/α,β-unsaturated/α-hetero) is 1. The third-order valence-electron chi connectivity index (χ3n) is 3.41. The number of amides is 1. The SMILES string of the molecule is CCCNCCNC(=O)CCC(=O)c1csc2ccccc12. The monoisotopic (exact) mass is 318 g/mol. The second-order valence-corrected chi connectivity index (χ2v) is 6.08. The molecule has 22 heavy (non-hydrogen) atoms. The maximum Gasteiger partial charge on any atom is 0.220 e. The number of carbonyl (C=O) groups excluding carboxylic acids is 2. The van der Waals surface area contributed by atoms with Gasteiger partial charge in [0.05, 0.1) is 0 Å². The van der Waals surface area contributed by atoms with Crippen LogP contribution < -0.4 is 10.6 Å². The average molecular weight is 318 g/mol. The van der Waals surface area contributed by atoms with E-state index in [1.165, 1.54) is 0 Å². The van der Waals surface area contributed by atoms with Gasteiger partial charge in [-0.25, -0.2) is 0 Å². The van der Waals surface area contributed by atoms with Crippen LogP contribution in [0.2, 0.25) is 0 Å². The molecule has 0 fully saturated rings. The highest BCUT2D eigenvalue weighted by atomic mass is 32.1. The van der Waals surface area contributed by atoms with E-state index < -0.39 is 0 Å². The van der Waals surface area contributed by atoms with Crippen molar-refractivity contribution < 1.29 is 9.59 Å². The summed E-state index contributed by atoms with van der Waals surface area (Å²) in [7, 11) is 0. The first-order valence-corrected chi connectivity index (χ1v) is 8.57. The Kier molecular flexibility index (Phi) is 6.55. The van der Waals surface area contributed by atoms with Crippen molar-refractivity contribution in [2.45, 2.75) is 26.2 Å². The Bertz CT molecular complexity index is 636. The summed E-state index contributed by atoms with van der Waals surface area (Å²) in [6.07, 6.45) is 1.59. The number of hydrogen-bond donors (Lipinski definition) is 2. The van der Waals surface area contributed by atoms with E-state index in [0.717, 1.165) is 35.2 Å². The van der Waals surface area contributed by atoms with Crippen LogP contribution in [0.4, 0.5) is 0 Å². The number of ketones is 1. The van der Waals surface area contributed by atoms with Gasteiger partial charge in [0, 0.05) is 47.0 Å². The molecule has 2 N–H and O–H groups in total. The van der Waals surface area contributed by atoms with E-state index >= 15 is 0 Å². The van der Waals surface area contributed by atoms with E-state index in [1.54, 1.807) is 11.3 Å². The van der Waals surface area contributed by atoms with Crippen LogP contribution in [-0.2, 0) is 4.79 Å². The Morgan fingerprint density at radius 2 is 1.91 bits per heavy atom. The Balaban J connectivity index is 1.77. The second-order valence-electron chi connectivity index (χ2n) is 5.17. The molecule has 1 aromatic carbocycles. The first kappa shape index (κ1) is 16.6. The fourth-order valence-electron chi connectivity index (χ4n) is 2.24. The highest BCUT2D eigenvalue weighted by Gasteiger charge is 2.13. The molecule has 1 amide bonds. The molecule has 0 aliphatic heterocycles. The lowest BCUT2D eigenvalue weighted by molar-refractivity contribution is -0.121. The van der Waals surface area contributed by atoms with Crippen LogP contribution in [0.3, 0.4) is 0 Å². The molecule has 118 valence electrons. The number of benzene rings is 1. The summed E-state index contributed by atoms with van der Waals surface area (Å²) in [5.41, 5.74) is 0.734. The molecule has 0 radical (unpaired) electrons. The Hall–Kier alpha value is -1.72. The number of carbonyl (C=O) groups is 2. The normalized spacial score (nSPS) is 10.8. The molecule has 5 heteroatoms. The Morgan fingerprint density at radius 1 is 1.09 bits per heavy atom. The zero-order chi connectivity index (χ0) is 15.8. The van der Waals surface area contributed by atoms with Crippen molar-refractivity contribution in [3.8, 4) is 0 Å². The zero-order valence-electron chi connectivity index (χ0n) is 12.9. The first-order chi connectivity index (χ1) is 10.7. The summed E-state index contributed by atoms with van der Waals surface area (Å²) in [5.74, 6) is -0.0251. The molecule has 2 rings (SSSR count). The topological polar surface area (TPSA) is 58.2 Å². The molecule has 4 nitrogen and oxygen atoms in total. The number of hydrogen-bond acceptors (Lipinski definition) is 4. The minimum Gasteiger partial charge on any atom is -0.355 e. The number of rotatable bonds is 9. The second kappa shape index (κ2) is 8.66.